The number of nitriles is 2. The van der Waals surface area contributed by atoms with Crippen LogP contribution in [-0.2, 0) is 12.6 Å². The summed E-state index contributed by atoms with van der Waals surface area (Å²) in [6.45, 7) is 1.31. The van der Waals surface area contributed by atoms with Gasteiger partial charge in [0, 0.05) is 0 Å². The van der Waals surface area contributed by atoms with E-state index in [2.05, 4.69) is 4.98 Å². The minimum atomic E-state index is -4.57. The Morgan fingerprint density at radius 2 is 2.00 bits per heavy atom. The lowest BCUT2D eigenvalue weighted by Gasteiger charge is -2.09. The second kappa shape index (κ2) is 4.19. The average molecular weight is 225 g/mol. The number of hydrogen-bond donors (Lipinski definition) is 0. The highest BCUT2D eigenvalue weighted by Crippen LogP contribution is 2.29. The molecular weight excluding hydrogens is 219 g/mol. The van der Waals surface area contributed by atoms with Gasteiger partial charge >= 0.3 is 6.18 Å². The SMILES string of the molecule is Cc1nc(C(F)(F)F)cc(CC#N)c1C#N. The molecule has 1 rings (SSSR count). The second-order valence-electron chi connectivity index (χ2n) is 3.07. The largest absolute Gasteiger partial charge is 0.433 e. The monoisotopic (exact) mass is 225 g/mol. The van der Waals surface area contributed by atoms with Crippen LogP contribution in [0, 0.1) is 29.6 Å². The number of hydrogen-bond acceptors (Lipinski definition) is 3. The van der Waals surface area contributed by atoms with Gasteiger partial charge in [0.25, 0.3) is 0 Å². The molecule has 0 fully saturated rings. The van der Waals surface area contributed by atoms with Crippen LogP contribution in [0.4, 0.5) is 13.2 Å². The number of aryl methyl sites for hydroxylation is 1. The second-order valence-corrected chi connectivity index (χ2v) is 3.07. The number of halogens is 3. The van der Waals surface area contributed by atoms with Gasteiger partial charge in [-0.2, -0.15) is 23.7 Å². The Bertz CT molecular complexity index is 492. The van der Waals surface area contributed by atoms with Crippen LogP contribution in [0.25, 0.3) is 0 Å². The molecule has 1 aromatic rings. The third-order valence-electron chi connectivity index (χ3n) is 1.95. The summed E-state index contributed by atoms with van der Waals surface area (Å²) in [7, 11) is 0. The van der Waals surface area contributed by atoms with Crippen molar-refractivity contribution in [3.63, 3.8) is 0 Å². The van der Waals surface area contributed by atoms with Gasteiger partial charge in [-0.05, 0) is 18.6 Å². The molecule has 0 atom stereocenters. The van der Waals surface area contributed by atoms with E-state index in [-0.39, 0.29) is 23.2 Å². The lowest BCUT2D eigenvalue weighted by atomic mass is 10.0. The molecule has 1 aromatic heterocycles. The Balaban J connectivity index is 3.42. The van der Waals surface area contributed by atoms with Gasteiger partial charge in [-0.25, -0.2) is 4.98 Å². The highest BCUT2D eigenvalue weighted by atomic mass is 19.4. The Morgan fingerprint density at radius 1 is 1.38 bits per heavy atom. The molecule has 82 valence electrons. The van der Waals surface area contributed by atoms with E-state index >= 15 is 0 Å². The van der Waals surface area contributed by atoms with Gasteiger partial charge in [-0.3, -0.25) is 0 Å². The van der Waals surface area contributed by atoms with Crippen molar-refractivity contribution in [1.82, 2.24) is 4.98 Å². The summed E-state index contributed by atoms with van der Waals surface area (Å²) in [6.07, 6.45) is -4.81. The first-order valence-corrected chi connectivity index (χ1v) is 4.25. The number of nitrogens with zero attached hydrogens (tertiary/aromatic N) is 3. The van der Waals surface area contributed by atoms with E-state index in [9.17, 15) is 13.2 Å². The minimum Gasteiger partial charge on any atom is -0.247 e. The predicted octanol–water partition coefficient (Wildman–Crippen LogP) is 2.35. The standard InChI is InChI=1S/C10H6F3N3/c1-6-8(5-15)7(2-3-14)4-9(16-6)10(11,12)13/h4H,2H2,1H3. The summed E-state index contributed by atoms with van der Waals surface area (Å²) in [5.41, 5.74) is -0.990. The molecule has 1 heterocycles. The van der Waals surface area contributed by atoms with Crippen LogP contribution in [0.5, 0.6) is 0 Å². The molecule has 3 nitrogen and oxygen atoms in total. The van der Waals surface area contributed by atoms with E-state index in [1.807, 2.05) is 0 Å². The van der Waals surface area contributed by atoms with Gasteiger partial charge < -0.3 is 0 Å². The molecule has 0 saturated heterocycles. The van der Waals surface area contributed by atoms with Gasteiger partial charge in [0.05, 0.1) is 23.7 Å². The summed E-state index contributed by atoms with van der Waals surface area (Å²) in [6, 6.07) is 4.21. The summed E-state index contributed by atoms with van der Waals surface area (Å²) in [4.78, 5) is 3.30. The zero-order valence-electron chi connectivity index (χ0n) is 8.26. The van der Waals surface area contributed by atoms with Crippen molar-refractivity contribution in [1.29, 1.82) is 10.5 Å². The summed E-state index contributed by atoms with van der Waals surface area (Å²) < 4.78 is 37.2. The molecule has 0 N–H and O–H groups in total. The minimum absolute atomic E-state index is 0.0115. The molecular formula is C10H6F3N3. The molecule has 0 spiro atoms. The smallest absolute Gasteiger partial charge is 0.247 e. The maximum Gasteiger partial charge on any atom is 0.433 e. The fourth-order valence-electron chi connectivity index (χ4n) is 1.26. The highest BCUT2D eigenvalue weighted by Gasteiger charge is 2.33. The summed E-state index contributed by atoms with van der Waals surface area (Å²) in [5.74, 6) is 0. The van der Waals surface area contributed by atoms with E-state index in [4.69, 9.17) is 10.5 Å². The molecule has 0 amide bonds. The van der Waals surface area contributed by atoms with Crippen molar-refractivity contribution in [3.05, 3.63) is 28.6 Å². The molecule has 0 radical (unpaired) electrons. The topological polar surface area (TPSA) is 60.5 Å². The molecule has 0 aliphatic heterocycles. The predicted molar refractivity (Wildman–Crippen MR) is 48.0 cm³/mol. The molecule has 0 aliphatic rings. The van der Waals surface area contributed by atoms with Gasteiger partial charge in [0.15, 0.2) is 0 Å². The number of alkyl halides is 3. The number of rotatable bonds is 1. The number of aromatic nitrogens is 1. The van der Waals surface area contributed by atoms with E-state index in [1.54, 1.807) is 12.1 Å². The van der Waals surface area contributed by atoms with Crippen LogP contribution < -0.4 is 0 Å². The fraction of sp³-hybridized carbons (Fsp3) is 0.300. The first-order valence-electron chi connectivity index (χ1n) is 4.25. The van der Waals surface area contributed by atoms with Crippen molar-refractivity contribution in [2.75, 3.05) is 0 Å². The summed E-state index contributed by atoms with van der Waals surface area (Å²) >= 11 is 0. The Labute approximate surface area is 89.8 Å². The molecule has 0 bridgehead atoms. The summed E-state index contributed by atoms with van der Waals surface area (Å²) in [5, 5.41) is 17.2. The van der Waals surface area contributed by atoms with Gasteiger partial charge in [-0.15, -0.1) is 0 Å². The van der Waals surface area contributed by atoms with Crippen LogP contribution in [0.2, 0.25) is 0 Å². The van der Waals surface area contributed by atoms with Gasteiger partial charge in [0.2, 0.25) is 0 Å². The van der Waals surface area contributed by atoms with Crippen molar-refractivity contribution < 1.29 is 13.2 Å². The highest BCUT2D eigenvalue weighted by molar-refractivity contribution is 5.43. The normalized spacial score (nSPS) is 10.6. The molecule has 6 heteroatoms. The first kappa shape index (κ1) is 12.0. The van der Waals surface area contributed by atoms with Crippen molar-refractivity contribution in [3.8, 4) is 12.1 Å². The van der Waals surface area contributed by atoms with Crippen LogP contribution in [-0.4, -0.2) is 4.98 Å². The number of pyridine rings is 1. The first-order chi connectivity index (χ1) is 7.40. The van der Waals surface area contributed by atoms with Gasteiger partial charge in [0.1, 0.15) is 11.8 Å². The van der Waals surface area contributed by atoms with Crippen LogP contribution >= 0.6 is 0 Å². The molecule has 0 aliphatic carbocycles. The van der Waals surface area contributed by atoms with E-state index in [0.717, 1.165) is 6.07 Å². The third kappa shape index (κ3) is 2.29. The Morgan fingerprint density at radius 3 is 2.44 bits per heavy atom. The lowest BCUT2D eigenvalue weighted by molar-refractivity contribution is -0.141. The van der Waals surface area contributed by atoms with Crippen LogP contribution in [0.1, 0.15) is 22.5 Å². The molecule has 0 aromatic carbocycles. The zero-order chi connectivity index (χ0) is 12.3. The third-order valence-corrected chi connectivity index (χ3v) is 1.95. The van der Waals surface area contributed by atoms with Crippen molar-refractivity contribution >= 4 is 0 Å². The molecule has 16 heavy (non-hydrogen) atoms. The Kier molecular flexibility index (Phi) is 3.14. The van der Waals surface area contributed by atoms with E-state index < -0.39 is 11.9 Å². The Hall–Kier alpha value is -2.08. The van der Waals surface area contributed by atoms with Crippen molar-refractivity contribution in [2.45, 2.75) is 19.5 Å². The lowest BCUT2D eigenvalue weighted by Crippen LogP contribution is -2.11. The fourth-order valence-corrected chi connectivity index (χ4v) is 1.26. The maximum atomic E-state index is 12.4. The van der Waals surface area contributed by atoms with E-state index in [0.29, 0.717) is 0 Å². The average Bonchev–Trinajstić information content (AvgIpc) is 2.16. The quantitative estimate of drug-likeness (QED) is 0.736. The molecule has 0 unspecified atom stereocenters. The zero-order valence-corrected chi connectivity index (χ0v) is 8.26. The van der Waals surface area contributed by atoms with Gasteiger partial charge in [-0.1, -0.05) is 0 Å². The van der Waals surface area contributed by atoms with Crippen molar-refractivity contribution in [2.24, 2.45) is 0 Å². The maximum absolute atomic E-state index is 12.4. The van der Waals surface area contributed by atoms with Crippen LogP contribution in [0.15, 0.2) is 6.07 Å². The molecule has 0 saturated carbocycles. The van der Waals surface area contributed by atoms with Crippen LogP contribution in [0.3, 0.4) is 0 Å². The van der Waals surface area contributed by atoms with E-state index in [1.165, 1.54) is 6.92 Å².